The van der Waals surface area contributed by atoms with Crippen LogP contribution in [0.4, 0.5) is 17.1 Å². The van der Waals surface area contributed by atoms with Crippen molar-refractivity contribution in [3.05, 3.63) is 188 Å². The highest BCUT2D eigenvalue weighted by molar-refractivity contribution is 6.19. The summed E-state index contributed by atoms with van der Waals surface area (Å²) in [5, 5.41) is 9.74. The first-order valence-electron chi connectivity index (χ1n) is 17.1. The van der Waals surface area contributed by atoms with Gasteiger partial charge in [0.1, 0.15) is 11.2 Å². The minimum Gasteiger partial charge on any atom is -0.456 e. The van der Waals surface area contributed by atoms with Crippen LogP contribution in [0, 0.1) is 0 Å². The lowest BCUT2D eigenvalue weighted by Crippen LogP contribution is -2.10. The van der Waals surface area contributed by atoms with Gasteiger partial charge in [0.2, 0.25) is 0 Å². The Morgan fingerprint density at radius 3 is 1.80 bits per heavy atom. The van der Waals surface area contributed by atoms with Crippen LogP contribution in [-0.4, -0.2) is 0 Å². The molecule has 50 heavy (non-hydrogen) atoms. The van der Waals surface area contributed by atoms with Crippen LogP contribution in [-0.2, 0) is 0 Å². The first-order valence-corrected chi connectivity index (χ1v) is 17.1. The molecule has 0 aliphatic rings. The molecule has 10 rings (SSSR count). The van der Waals surface area contributed by atoms with Gasteiger partial charge in [-0.05, 0) is 109 Å². The van der Waals surface area contributed by atoms with E-state index in [0.717, 1.165) is 33.6 Å². The third-order valence-corrected chi connectivity index (χ3v) is 10.0. The van der Waals surface area contributed by atoms with Crippen molar-refractivity contribution in [1.82, 2.24) is 0 Å². The topological polar surface area (TPSA) is 16.4 Å². The Morgan fingerprint density at radius 1 is 0.300 bits per heavy atom. The molecule has 0 fully saturated rings. The molecule has 0 aliphatic heterocycles. The van der Waals surface area contributed by atoms with Gasteiger partial charge in [-0.25, -0.2) is 0 Å². The van der Waals surface area contributed by atoms with Crippen LogP contribution in [0.3, 0.4) is 0 Å². The van der Waals surface area contributed by atoms with Crippen LogP contribution in [0.1, 0.15) is 0 Å². The van der Waals surface area contributed by atoms with E-state index in [9.17, 15) is 0 Å². The highest BCUT2D eigenvalue weighted by atomic mass is 16.3. The quantitative estimate of drug-likeness (QED) is 0.175. The van der Waals surface area contributed by atoms with Crippen molar-refractivity contribution in [3.63, 3.8) is 0 Å². The van der Waals surface area contributed by atoms with Crippen LogP contribution >= 0.6 is 0 Å². The van der Waals surface area contributed by atoms with Crippen molar-refractivity contribution < 1.29 is 4.42 Å². The number of furan rings is 1. The standard InChI is InChI=1S/C48H31NO/c1-2-9-32(10-3-1)36-12-8-13-40(29-36)49(41-26-27-43-38(30-41)20-18-34-11-4-5-14-42(34)43)39-24-21-33(22-25-39)37-19-17-35-23-28-47-48(45(35)31-37)44-15-6-7-16-46(44)50-47/h1-31H. The second-order valence-electron chi connectivity index (χ2n) is 13.0. The minimum absolute atomic E-state index is 0.919. The van der Waals surface area contributed by atoms with Crippen molar-refractivity contribution >= 4 is 71.3 Å². The Kier molecular flexibility index (Phi) is 6.53. The first-order chi connectivity index (χ1) is 24.8. The zero-order chi connectivity index (χ0) is 33.0. The number of hydrogen-bond acceptors (Lipinski definition) is 2. The summed E-state index contributed by atoms with van der Waals surface area (Å²) in [4.78, 5) is 2.37. The second-order valence-corrected chi connectivity index (χ2v) is 13.0. The van der Waals surface area contributed by atoms with Gasteiger partial charge in [-0.2, -0.15) is 0 Å². The van der Waals surface area contributed by atoms with Gasteiger partial charge >= 0.3 is 0 Å². The van der Waals surface area contributed by atoms with Gasteiger partial charge in [-0.15, -0.1) is 0 Å². The van der Waals surface area contributed by atoms with Gasteiger partial charge in [-0.3, -0.25) is 0 Å². The zero-order valence-electron chi connectivity index (χ0n) is 27.3. The lowest BCUT2D eigenvalue weighted by atomic mass is 9.97. The lowest BCUT2D eigenvalue weighted by Gasteiger charge is -2.27. The maximum Gasteiger partial charge on any atom is 0.136 e. The average Bonchev–Trinajstić information content (AvgIpc) is 3.58. The molecule has 1 aromatic heterocycles. The zero-order valence-corrected chi connectivity index (χ0v) is 27.3. The Morgan fingerprint density at radius 2 is 0.900 bits per heavy atom. The molecule has 0 radical (unpaired) electrons. The van der Waals surface area contributed by atoms with E-state index in [4.69, 9.17) is 4.42 Å². The monoisotopic (exact) mass is 637 g/mol. The summed E-state index contributed by atoms with van der Waals surface area (Å²) in [6, 6.07) is 67.6. The second kappa shape index (κ2) is 11.5. The van der Waals surface area contributed by atoms with Crippen molar-refractivity contribution in [1.29, 1.82) is 0 Å². The summed E-state index contributed by atoms with van der Waals surface area (Å²) in [5.74, 6) is 0. The van der Waals surface area contributed by atoms with E-state index >= 15 is 0 Å². The fourth-order valence-corrected chi connectivity index (χ4v) is 7.57. The van der Waals surface area contributed by atoms with Gasteiger partial charge in [0.15, 0.2) is 0 Å². The van der Waals surface area contributed by atoms with E-state index in [1.165, 1.54) is 60.0 Å². The molecule has 0 unspecified atom stereocenters. The Hall–Kier alpha value is -6.64. The number of rotatable bonds is 5. The SMILES string of the molecule is c1ccc(-c2cccc(N(c3ccc(-c4ccc5ccc6oc7ccccc7c6c5c4)cc3)c3ccc4c(ccc5ccccc54)c3)c2)cc1. The van der Waals surface area contributed by atoms with Crippen molar-refractivity contribution in [2.45, 2.75) is 0 Å². The molecular formula is C48H31NO. The molecule has 0 amide bonds. The number of benzene rings is 9. The molecule has 0 saturated carbocycles. The van der Waals surface area contributed by atoms with Gasteiger partial charge in [0.25, 0.3) is 0 Å². The van der Waals surface area contributed by atoms with Gasteiger partial charge in [0, 0.05) is 27.8 Å². The number of para-hydroxylation sites is 1. The summed E-state index contributed by atoms with van der Waals surface area (Å²) in [5.41, 5.74) is 9.90. The summed E-state index contributed by atoms with van der Waals surface area (Å²) < 4.78 is 6.21. The van der Waals surface area contributed by atoms with Gasteiger partial charge in [0.05, 0.1) is 0 Å². The van der Waals surface area contributed by atoms with E-state index < -0.39 is 0 Å². The Balaban J connectivity index is 1.10. The van der Waals surface area contributed by atoms with Crippen LogP contribution in [0.25, 0.3) is 76.5 Å². The van der Waals surface area contributed by atoms with E-state index in [1.54, 1.807) is 0 Å². The number of hydrogen-bond donors (Lipinski definition) is 0. The molecule has 10 aromatic rings. The predicted molar refractivity (Wildman–Crippen MR) is 212 cm³/mol. The Labute approximate surface area is 290 Å². The summed E-state index contributed by atoms with van der Waals surface area (Å²) >= 11 is 0. The maximum atomic E-state index is 6.21. The molecule has 1 heterocycles. The highest BCUT2D eigenvalue weighted by Crippen LogP contribution is 2.41. The number of anilines is 3. The summed E-state index contributed by atoms with van der Waals surface area (Å²) in [6.07, 6.45) is 0. The molecule has 0 atom stereocenters. The smallest absolute Gasteiger partial charge is 0.136 e. The van der Waals surface area contributed by atoms with E-state index in [1.807, 2.05) is 12.1 Å². The molecule has 0 bridgehead atoms. The van der Waals surface area contributed by atoms with Crippen LogP contribution < -0.4 is 4.90 Å². The third kappa shape index (κ3) is 4.73. The molecule has 2 heteroatoms. The highest BCUT2D eigenvalue weighted by Gasteiger charge is 2.16. The van der Waals surface area contributed by atoms with Gasteiger partial charge in [-0.1, -0.05) is 133 Å². The largest absolute Gasteiger partial charge is 0.456 e. The van der Waals surface area contributed by atoms with Crippen molar-refractivity contribution in [2.24, 2.45) is 0 Å². The predicted octanol–water partition coefficient (Wildman–Crippen LogP) is 13.8. The molecule has 0 saturated heterocycles. The molecule has 234 valence electrons. The fourth-order valence-electron chi connectivity index (χ4n) is 7.57. The molecule has 0 spiro atoms. The lowest BCUT2D eigenvalue weighted by molar-refractivity contribution is 0.669. The normalized spacial score (nSPS) is 11.6. The van der Waals surface area contributed by atoms with Crippen LogP contribution in [0.5, 0.6) is 0 Å². The van der Waals surface area contributed by atoms with Gasteiger partial charge < -0.3 is 9.32 Å². The van der Waals surface area contributed by atoms with Crippen molar-refractivity contribution in [2.75, 3.05) is 4.90 Å². The summed E-state index contributed by atoms with van der Waals surface area (Å²) in [7, 11) is 0. The fraction of sp³-hybridized carbons (Fsp3) is 0. The van der Waals surface area contributed by atoms with E-state index in [-0.39, 0.29) is 0 Å². The van der Waals surface area contributed by atoms with E-state index in [2.05, 4.69) is 181 Å². The molecular weight excluding hydrogens is 607 g/mol. The number of nitrogens with zero attached hydrogens (tertiary/aromatic N) is 1. The molecule has 0 aliphatic carbocycles. The molecule has 9 aromatic carbocycles. The van der Waals surface area contributed by atoms with E-state index in [0.29, 0.717) is 0 Å². The molecule has 0 N–H and O–H groups in total. The summed E-state index contributed by atoms with van der Waals surface area (Å²) in [6.45, 7) is 0. The Bertz CT molecular complexity index is 2870. The maximum absolute atomic E-state index is 6.21. The van der Waals surface area contributed by atoms with Crippen LogP contribution in [0.15, 0.2) is 192 Å². The minimum atomic E-state index is 0.919. The van der Waals surface area contributed by atoms with Crippen LogP contribution in [0.2, 0.25) is 0 Å². The van der Waals surface area contributed by atoms with Crippen molar-refractivity contribution in [3.8, 4) is 22.3 Å². The average molecular weight is 638 g/mol. The third-order valence-electron chi connectivity index (χ3n) is 10.0. The first kappa shape index (κ1) is 28.4. The number of fused-ring (bicyclic) bond motifs is 8. The molecule has 2 nitrogen and oxygen atoms in total.